The average molecular weight is 239 g/mol. The van der Waals surface area contributed by atoms with Crippen LogP contribution in [0.1, 0.15) is 13.8 Å². The van der Waals surface area contributed by atoms with Crippen LogP contribution in [0.25, 0.3) is 0 Å². The van der Waals surface area contributed by atoms with Crippen LogP contribution in [0.2, 0.25) is 0 Å². The van der Waals surface area contributed by atoms with E-state index in [0.717, 1.165) is 0 Å². The highest BCUT2D eigenvalue weighted by atomic mass is 35.5. The molecule has 0 aliphatic rings. The van der Waals surface area contributed by atoms with Gasteiger partial charge in [0.25, 0.3) is 0 Å². The Morgan fingerprint density at radius 1 is 1.14 bits per heavy atom. The molecule has 0 amide bonds. The van der Waals surface area contributed by atoms with Crippen molar-refractivity contribution in [3.63, 3.8) is 0 Å². The monoisotopic (exact) mass is 238 g/mol. The first-order valence-corrected chi connectivity index (χ1v) is 3.92. The molecule has 0 atom stereocenters. The molecule has 1 aromatic carbocycles. The second-order valence-electron chi connectivity index (χ2n) is 2.93. The first-order chi connectivity index (χ1) is 5.61. The highest BCUT2D eigenvalue weighted by Gasteiger charge is 2.03. The summed E-state index contributed by atoms with van der Waals surface area (Å²) in [5, 5.41) is 0. The van der Waals surface area contributed by atoms with Crippen molar-refractivity contribution < 1.29 is 4.74 Å². The van der Waals surface area contributed by atoms with Gasteiger partial charge >= 0.3 is 0 Å². The number of benzene rings is 1. The number of rotatable bonds is 2. The summed E-state index contributed by atoms with van der Waals surface area (Å²) in [6.45, 7) is 3.89. The molecule has 0 saturated heterocycles. The lowest BCUT2D eigenvalue weighted by Gasteiger charge is -2.12. The van der Waals surface area contributed by atoms with Gasteiger partial charge in [-0.05, 0) is 26.0 Å². The minimum Gasteiger partial charge on any atom is -0.489 e. The molecule has 0 aliphatic carbocycles. The van der Waals surface area contributed by atoms with Crippen molar-refractivity contribution in [3.05, 3.63) is 18.2 Å². The van der Waals surface area contributed by atoms with Crippen LogP contribution in [-0.4, -0.2) is 6.10 Å². The highest BCUT2D eigenvalue weighted by Crippen LogP contribution is 2.27. The van der Waals surface area contributed by atoms with Gasteiger partial charge < -0.3 is 16.2 Å². The maximum atomic E-state index is 5.68. The fourth-order valence-corrected chi connectivity index (χ4v) is 0.918. The average Bonchev–Trinajstić information content (AvgIpc) is 1.98. The Bertz CT molecular complexity index is 280. The second-order valence-corrected chi connectivity index (χ2v) is 2.93. The normalized spacial score (nSPS) is 8.79. The minimum atomic E-state index is 0. The summed E-state index contributed by atoms with van der Waals surface area (Å²) >= 11 is 0. The molecular formula is C9H16Cl2N2O. The molecule has 4 N–H and O–H groups in total. The van der Waals surface area contributed by atoms with E-state index in [1.807, 2.05) is 26.0 Å². The van der Waals surface area contributed by atoms with Crippen molar-refractivity contribution in [1.82, 2.24) is 0 Å². The van der Waals surface area contributed by atoms with Gasteiger partial charge in [-0.25, -0.2) is 0 Å². The van der Waals surface area contributed by atoms with E-state index in [-0.39, 0.29) is 30.9 Å². The van der Waals surface area contributed by atoms with Crippen molar-refractivity contribution in [2.45, 2.75) is 20.0 Å². The lowest BCUT2D eigenvalue weighted by molar-refractivity contribution is 0.244. The summed E-state index contributed by atoms with van der Waals surface area (Å²) in [6.07, 6.45) is 0.120. The Morgan fingerprint density at radius 3 is 2.21 bits per heavy atom. The molecule has 0 heterocycles. The quantitative estimate of drug-likeness (QED) is 0.779. The number of nitrogens with two attached hydrogens (primary N) is 2. The molecule has 0 saturated carbocycles. The lowest BCUT2D eigenvalue weighted by Crippen LogP contribution is -2.08. The van der Waals surface area contributed by atoms with Gasteiger partial charge in [0, 0.05) is 0 Å². The zero-order valence-electron chi connectivity index (χ0n) is 8.19. The predicted octanol–water partition coefficient (Wildman–Crippen LogP) is 2.48. The summed E-state index contributed by atoms with van der Waals surface area (Å²) in [6, 6.07) is 5.39. The Hall–Kier alpha value is -0.800. The molecule has 0 bridgehead atoms. The van der Waals surface area contributed by atoms with E-state index in [2.05, 4.69) is 0 Å². The largest absolute Gasteiger partial charge is 0.489 e. The molecular weight excluding hydrogens is 223 g/mol. The van der Waals surface area contributed by atoms with Gasteiger partial charge in [-0.1, -0.05) is 6.07 Å². The van der Waals surface area contributed by atoms with E-state index in [1.165, 1.54) is 0 Å². The SMILES string of the molecule is CC(C)Oc1cccc(N)c1N.Cl.Cl. The van der Waals surface area contributed by atoms with Crippen LogP contribution < -0.4 is 16.2 Å². The molecule has 0 radical (unpaired) electrons. The van der Waals surface area contributed by atoms with Crippen LogP contribution in [0, 0.1) is 0 Å². The Morgan fingerprint density at radius 2 is 1.71 bits per heavy atom. The van der Waals surface area contributed by atoms with Crippen LogP contribution >= 0.6 is 24.8 Å². The van der Waals surface area contributed by atoms with E-state index in [0.29, 0.717) is 17.1 Å². The first kappa shape index (κ1) is 15.7. The number of ether oxygens (including phenoxy) is 1. The maximum Gasteiger partial charge on any atom is 0.144 e. The number of halogens is 2. The number of para-hydroxylation sites is 1. The number of hydrogen-bond acceptors (Lipinski definition) is 3. The minimum absolute atomic E-state index is 0. The van der Waals surface area contributed by atoms with Crippen LogP contribution in [0.3, 0.4) is 0 Å². The molecule has 1 aromatic rings. The van der Waals surface area contributed by atoms with E-state index in [1.54, 1.807) is 6.07 Å². The third kappa shape index (κ3) is 3.94. The number of hydrogen-bond donors (Lipinski definition) is 2. The number of anilines is 2. The Balaban J connectivity index is 0. The van der Waals surface area contributed by atoms with E-state index in [4.69, 9.17) is 16.2 Å². The highest BCUT2D eigenvalue weighted by molar-refractivity contribution is 5.85. The molecule has 0 fully saturated rings. The molecule has 14 heavy (non-hydrogen) atoms. The summed E-state index contributed by atoms with van der Waals surface area (Å²) in [4.78, 5) is 0. The Kier molecular flexibility index (Phi) is 7.41. The van der Waals surface area contributed by atoms with E-state index >= 15 is 0 Å². The molecule has 0 spiro atoms. The van der Waals surface area contributed by atoms with E-state index in [9.17, 15) is 0 Å². The standard InChI is InChI=1S/C9H14N2O.2ClH/c1-6(2)12-8-5-3-4-7(10)9(8)11;;/h3-6H,10-11H2,1-2H3;2*1H. The van der Waals surface area contributed by atoms with Gasteiger partial charge in [0.2, 0.25) is 0 Å². The molecule has 1 rings (SSSR count). The summed E-state index contributed by atoms with van der Waals surface area (Å²) in [5.74, 6) is 0.657. The van der Waals surface area contributed by atoms with Crippen LogP contribution in [0.4, 0.5) is 11.4 Å². The summed E-state index contributed by atoms with van der Waals surface area (Å²) in [7, 11) is 0. The smallest absolute Gasteiger partial charge is 0.144 e. The van der Waals surface area contributed by atoms with Gasteiger partial charge in [-0.3, -0.25) is 0 Å². The van der Waals surface area contributed by atoms with Gasteiger partial charge in [-0.15, -0.1) is 24.8 Å². The van der Waals surface area contributed by atoms with Crippen molar-refractivity contribution in [3.8, 4) is 5.75 Å². The molecule has 0 aromatic heterocycles. The van der Waals surface area contributed by atoms with Crippen LogP contribution in [0.15, 0.2) is 18.2 Å². The molecule has 0 aliphatic heterocycles. The Labute approximate surface area is 96.6 Å². The van der Waals surface area contributed by atoms with Crippen molar-refractivity contribution in [2.75, 3.05) is 11.5 Å². The molecule has 3 nitrogen and oxygen atoms in total. The van der Waals surface area contributed by atoms with Crippen molar-refractivity contribution in [2.24, 2.45) is 0 Å². The number of nitrogen functional groups attached to an aromatic ring is 2. The first-order valence-electron chi connectivity index (χ1n) is 3.92. The predicted molar refractivity (Wildman–Crippen MR) is 65.5 cm³/mol. The summed E-state index contributed by atoms with van der Waals surface area (Å²) in [5.41, 5.74) is 12.4. The maximum absolute atomic E-state index is 5.68. The molecule has 82 valence electrons. The van der Waals surface area contributed by atoms with E-state index < -0.39 is 0 Å². The van der Waals surface area contributed by atoms with Crippen molar-refractivity contribution in [1.29, 1.82) is 0 Å². The van der Waals surface area contributed by atoms with Gasteiger partial charge in [0.05, 0.1) is 17.5 Å². The fraction of sp³-hybridized carbons (Fsp3) is 0.333. The third-order valence-electron chi connectivity index (χ3n) is 1.46. The van der Waals surface area contributed by atoms with Gasteiger partial charge in [0.1, 0.15) is 5.75 Å². The van der Waals surface area contributed by atoms with Gasteiger partial charge in [0.15, 0.2) is 0 Å². The van der Waals surface area contributed by atoms with Crippen LogP contribution in [-0.2, 0) is 0 Å². The third-order valence-corrected chi connectivity index (χ3v) is 1.46. The zero-order chi connectivity index (χ0) is 9.14. The fourth-order valence-electron chi connectivity index (χ4n) is 0.918. The summed E-state index contributed by atoms with van der Waals surface area (Å²) < 4.78 is 5.42. The topological polar surface area (TPSA) is 61.3 Å². The van der Waals surface area contributed by atoms with Crippen LogP contribution in [0.5, 0.6) is 5.75 Å². The molecule has 5 heteroatoms. The molecule has 0 unspecified atom stereocenters. The van der Waals surface area contributed by atoms with Gasteiger partial charge in [-0.2, -0.15) is 0 Å². The van der Waals surface area contributed by atoms with Crippen molar-refractivity contribution >= 4 is 36.2 Å². The second kappa shape index (κ2) is 6.62. The zero-order valence-corrected chi connectivity index (χ0v) is 9.82. The lowest BCUT2D eigenvalue weighted by atomic mass is 10.2.